The molecule has 0 radical (unpaired) electrons. The third-order valence-corrected chi connectivity index (χ3v) is 5.43. The number of rotatable bonds is 6. The van der Waals surface area contributed by atoms with Crippen molar-refractivity contribution in [2.24, 2.45) is 11.7 Å². The Morgan fingerprint density at radius 2 is 1.70 bits per heavy atom. The highest BCUT2D eigenvalue weighted by Gasteiger charge is 2.35. The van der Waals surface area contributed by atoms with Crippen LogP contribution in [0.4, 0.5) is 0 Å². The smallest absolute Gasteiger partial charge is 0.211 e. The molecule has 0 saturated carbocycles. The second-order valence-corrected chi connectivity index (χ2v) is 9.11. The molecule has 0 aromatic heterocycles. The van der Waals surface area contributed by atoms with Gasteiger partial charge in [-0.05, 0) is 52.9 Å². The molecule has 0 spiro atoms. The molecule has 0 aromatic rings. The van der Waals surface area contributed by atoms with Crippen molar-refractivity contribution in [2.45, 2.75) is 58.1 Å². The summed E-state index contributed by atoms with van der Waals surface area (Å²) in [5, 5.41) is 0. The maximum Gasteiger partial charge on any atom is 0.211 e. The Labute approximate surface area is 123 Å². The van der Waals surface area contributed by atoms with E-state index in [-0.39, 0.29) is 11.1 Å². The maximum atomic E-state index is 11.5. The molecular weight excluding hydrogens is 276 g/mol. The van der Waals surface area contributed by atoms with Crippen LogP contribution in [0, 0.1) is 5.92 Å². The molecule has 120 valence electrons. The van der Waals surface area contributed by atoms with E-state index in [2.05, 4.69) is 13.8 Å². The minimum absolute atomic E-state index is 0.213. The predicted molar refractivity (Wildman–Crippen MR) is 82.1 cm³/mol. The van der Waals surface area contributed by atoms with Crippen molar-refractivity contribution in [2.75, 3.05) is 26.0 Å². The van der Waals surface area contributed by atoms with Crippen LogP contribution >= 0.6 is 0 Å². The van der Waals surface area contributed by atoms with Crippen molar-refractivity contribution in [1.29, 1.82) is 0 Å². The quantitative estimate of drug-likeness (QED) is 0.808. The number of nitrogens with zero attached hydrogens (tertiary/aromatic N) is 1. The van der Waals surface area contributed by atoms with E-state index in [1.54, 1.807) is 4.31 Å². The molecule has 0 amide bonds. The lowest BCUT2D eigenvalue weighted by molar-refractivity contribution is -0.0759. The topological polar surface area (TPSA) is 72.6 Å². The number of hydrogen-bond donors (Lipinski definition) is 1. The standard InChI is InChI=1S/C14H30N2O3S/c1-13(2,15)8-11-19-14(3,4)12-6-9-16(10-7-12)20(5,17)18/h12H,6-11,15H2,1-5H3. The van der Waals surface area contributed by atoms with Crippen LogP contribution in [0.5, 0.6) is 0 Å². The lowest BCUT2D eigenvalue weighted by Crippen LogP contribution is -2.45. The molecule has 1 rings (SSSR count). The number of ether oxygens (including phenoxy) is 1. The SMILES string of the molecule is CC(C)(N)CCOC(C)(C)C1CCN(S(C)(=O)=O)CC1. The summed E-state index contributed by atoms with van der Waals surface area (Å²) in [5.41, 5.74) is 5.52. The first kappa shape index (κ1) is 17.9. The van der Waals surface area contributed by atoms with Crippen LogP contribution in [-0.2, 0) is 14.8 Å². The van der Waals surface area contributed by atoms with Gasteiger partial charge in [-0.3, -0.25) is 0 Å². The Bertz CT molecular complexity index is 405. The number of sulfonamides is 1. The van der Waals surface area contributed by atoms with Crippen molar-refractivity contribution in [3.8, 4) is 0 Å². The second-order valence-electron chi connectivity index (χ2n) is 7.13. The lowest BCUT2D eigenvalue weighted by Gasteiger charge is -2.40. The molecule has 5 nitrogen and oxygen atoms in total. The van der Waals surface area contributed by atoms with E-state index in [9.17, 15) is 8.42 Å². The Kier molecular flexibility index (Phi) is 5.63. The Morgan fingerprint density at radius 3 is 2.10 bits per heavy atom. The fourth-order valence-corrected chi connectivity index (χ4v) is 3.45. The summed E-state index contributed by atoms with van der Waals surface area (Å²) >= 11 is 0. The van der Waals surface area contributed by atoms with Gasteiger partial charge in [0.2, 0.25) is 10.0 Å². The van der Waals surface area contributed by atoms with Crippen LogP contribution in [-0.4, -0.2) is 49.8 Å². The van der Waals surface area contributed by atoms with E-state index < -0.39 is 10.0 Å². The fraction of sp³-hybridized carbons (Fsp3) is 1.00. The van der Waals surface area contributed by atoms with Crippen LogP contribution in [0.25, 0.3) is 0 Å². The zero-order chi connectivity index (χ0) is 15.6. The van der Waals surface area contributed by atoms with E-state index in [4.69, 9.17) is 10.5 Å². The zero-order valence-electron chi connectivity index (χ0n) is 13.5. The van der Waals surface area contributed by atoms with Crippen molar-refractivity contribution < 1.29 is 13.2 Å². The first-order valence-corrected chi connectivity index (χ1v) is 9.15. The van der Waals surface area contributed by atoms with Gasteiger partial charge in [0.1, 0.15) is 0 Å². The largest absolute Gasteiger partial charge is 0.375 e. The van der Waals surface area contributed by atoms with Gasteiger partial charge < -0.3 is 10.5 Å². The van der Waals surface area contributed by atoms with Crippen molar-refractivity contribution in [3.05, 3.63) is 0 Å². The van der Waals surface area contributed by atoms with Crippen LogP contribution < -0.4 is 5.73 Å². The third-order valence-electron chi connectivity index (χ3n) is 4.13. The van der Waals surface area contributed by atoms with Crippen LogP contribution in [0.15, 0.2) is 0 Å². The van der Waals surface area contributed by atoms with Crippen LogP contribution in [0.3, 0.4) is 0 Å². The second kappa shape index (κ2) is 6.30. The molecule has 20 heavy (non-hydrogen) atoms. The van der Waals surface area contributed by atoms with Crippen LogP contribution in [0.2, 0.25) is 0 Å². The van der Waals surface area contributed by atoms with E-state index >= 15 is 0 Å². The van der Waals surface area contributed by atoms with Gasteiger partial charge in [0.05, 0.1) is 11.9 Å². The molecule has 1 aliphatic rings. The molecule has 0 unspecified atom stereocenters. The average molecular weight is 306 g/mol. The first-order valence-electron chi connectivity index (χ1n) is 7.30. The van der Waals surface area contributed by atoms with Gasteiger partial charge in [-0.1, -0.05) is 0 Å². The molecule has 0 bridgehead atoms. The number of hydrogen-bond acceptors (Lipinski definition) is 4. The summed E-state index contributed by atoms with van der Waals surface area (Å²) in [4.78, 5) is 0. The molecule has 6 heteroatoms. The fourth-order valence-electron chi connectivity index (χ4n) is 2.58. The molecule has 1 aliphatic heterocycles. The van der Waals surface area contributed by atoms with E-state index in [1.165, 1.54) is 6.26 Å². The van der Waals surface area contributed by atoms with Gasteiger partial charge in [-0.15, -0.1) is 0 Å². The normalized spacial score (nSPS) is 20.3. The predicted octanol–water partition coefficient (Wildman–Crippen LogP) is 1.58. The van der Waals surface area contributed by atoms with Crippen molar-refractivity contribution in [3.63, 3.8) is 0 Å². The zero-order valence-corrected chi connectivity index (χ0v) is 14.3. The summed E-state index contributed by atoms with van der Waals surface area (Å²) < 4.78 is 30.6. The van der Waals surface area contributed by atoms with Crippen molar-refractivity contribution in [1.82, 2.24) is 4.31 Å². The number of piperidine rings is 1. The summed E-state index contributed by atoms with van der Waals surface area (Å²) in [5.74, 6) is 0.390. The van der Waals surface area contributed by atoms with Gasteiger partial charge in [-0.25, -0.2) is 12.7 Å². The number of nitrogens with two attached hydrogens (primary N) is 1. The molecule has 0 aromatic carbocycles. The highest BCUT2D eigenvalue weighted by molar-refractivity contribution is 7.88. The van der Waals surface area contributed by atoms with Gasteiger partial charge in [0, 0.05) is 25.2 Å². The summed E-state index contributed by atoms with van der Waals surface area (Å²) in [6.45, 7) is 10.0. The monoisotopic (exact) mass is 306 g/mol. The molecular formula is C14H30N2O3S. The molecule has 1 fully saturated rings. The average Bonchev–Trinajstić information content (AvgIpc) is 2.26. The van der Waals surface area contributed by atoms with Crippen LogP contribution in [0.1, 0.15) is 47.0 Å². The molecule has 0 atom stereocenters. The van der Waals surface area contributed by atoms with E-state index in [0.717, 1.165) is 19.3 Å². The molecule has 1 saturated heterocycles. The highest BCUT2D eigenvalue weighted by Crippen LogP contribution is 2.32. The van der Waals surface area contributed by atoms with Crippen molar-refractivity contribution >= 4 is 10.0 Å². The summed E-state index contributed by atoms with van der Waals surface area (Å²) in [6, 6.07) is 0. The Morgan fingerprint density at radius 1 is 1.20 bits per heavy atom. The maximum absolute atomic E-state index is 11.5. The lowest BCUT2D eigenvalue weighted by atomic mass is 9.83. The van der Waals surface area contributed by atoms with Gasteiger partial charge in [0.15, 0.2) is 0 Å². The highest BCUT2D eigenvalue weighted by atomic mass is 32.2. The summed E-state index contributed by atoms with van der Waals surface area (Å²) in [7, 11) is -3.06. The van der Waals surface area contributed by atoms with Gasteiger partial charge >= 0.3 is 0 Å². The minimum atomic E-state index is -3.06. The van der Waals surface area contributed by atoms with E-state index in [0.29, 0.717) is 25.6 Å². The minimum Gasteiger partial charge on any atom is -0.375 e. The molecule has 1 heterocycles. The first-order chi connectivity index (χ1) is 8.92. The van der Waals surface area contributed by atoms with Gasteiger partial charge in [-0.2, -0.15) is 0 Å². The summed E-state index contributed by atoms with van der Waals surface area (Å²) in [6.07, 6.45) is 3.80. The third kappa shape index (κ3) is 5.68. The molecule has 2 N–H and O–H groups in total. The van der Waals surface area contributed by atoms with E-state index in [1.807, 2.05) is 13.8 Å². The Balaban J connectivity index is 2.46. The van der Waals surface area contributed by atoms with Gasteiger partial charge in [0.25, 0.3) is 0 Å². The molecule has 0 aliphatic carbocycles. The Hall–Kier alpha value is -0.170.